The van der Waals surface area contributed by atoms with Crippen molar-refractivity contribution in [3.8, 4) is 5.88 Å². The lowest BCUT2D eigenvalue weighted by molar-refractivity contribution is -0.117. The van der Waals surface area contributed by atoms with Gasteiger partial charge in [-0.2, -0.15) is 0 Å². The molecule has 5 nitrogen and oxygen atoms in total. The van der Waals surface area contributed by atoms with E-state index < -0.39 is 0 Å². The Kier molecular flexibility index (Phi) is 5.37. The first-order chi connectivity index (χ1) is 11.3. The number of carbonyl (C=O) groups excluding carboxylic acids is 1. The van der Waals surface area contributed by atoms with Gasteiger partial charge in [-0.05, 0) is 43.2 Å². The quantitative estimate of drug-likeness (QED) is 0.856. The molecule has 2 heterocycles. The standard InChI is InChI=1S/C17H19N3O2S/c21-16(8-7-15-2-1-11-23-15)20-13-3-5-14(6-4-13)22-17-12-18-9-10-19-17/h1-2,7-14H,3-6H2,(H,20,21)/b8-7+. The van der Waals surface area contributed by atoms with Crippen LogP contribution >= 0.6 is 11.3 Å². The normalized spacial score (nSPS) is 21.2. The molecule has 0 bridgehead atoms. The fourth-order valence-corrected chi connectivity index (χ4v) is 3.25. The Balaban J connectivity index is 1.41. The van der Waals surface area contributed by atoms with Crippen molar-refractivity contribution in [2.45, 2.75) is 37.8 Å². The fourth-order valence-electron chi connectivity index (χ4n) is 2.64. The molecule has 1 N–H and O–H groups in total. The number of carbonyl (C=O) groups is 1. The summed E-state index contributed by atoms with van der Waals surface area (Å²) in [6.07, 6.45) is 12.2. The Morgan fingerprint density at radius 3 is 2.87 bits per heavy atom. The summed E-state index contributed by atoms with van der Waals surface area (Å²) in [7, 11) is 0. The first kappa shape index (κ1) is 15.7. The number of nitrogens with zero attached hydrogens (tertiary/aromatic N) is 2. The largest absolute Gasteiger partial charge is 0.473 e. The number of nitrogens with one attached hydrogen (secondary N) is 1. The molecule has 1 fully saturated rings. The van der Waals surface area contributed by atoms with E-state index in [-0.39, 0.29) is 18.1 Å². The van der Waals surface area contributed by atoms with Crippen molar-refractivity contribution < 1.29 is 9.53 Å². The lowest BCUT2D eigenvalue weighted by atomic mass is 9.93. The van der Waals surface area contributed by atoms with Gasteiger partial charge in [0.05, 0.1) is 6.20 Å². The smallest absolute Gasteiger partial charge is 0.244 e. The highest BCUT2D eigenvalue weighted by Crippen LogP contribution is 2.22. The van der Waals surface area contributed by atoms with Crippen LogP contribution in [0, 0.1) is 0 Å². The van der Waals surface area contributed by atoms with Crippen molar-refractivity contribution in [1.29, 1.82) is 0 Å². The molecule has 3 rings (SSSR count). The molecule has 6 heteroatoms. The molecule has 2 aromatic heterocycles. The van der Waals surface area contributed by atoms with Gasteiger partial charge in [0.2, 0.25) is 11.8 Å². The summed E-state index contributed by atoms with van der Waals surface area (Å²) in [5.74, 6) is 0.538. The Labute approximate surface area is 139 Å². The lowest BCUT2D eigenvalue weighted by Crippen LogP contribution is -2.39. The molecule has 2 aromatic rings. The SMILES string of the molecule is O=C(/C=C/c1cccs1)NC1CCC(Oc2cnccn2)CC1. The molecule has 0 unspecified atom stereocenters. The van der Waals surface area contributed by atoms with Crippen molar-refractivity contribution in [1.82, 2.24) is 15.3 Å². The van der Waals surface area contributed by atoms with Crippen LogP contribution < -0.4 is 10.1 Å². The summed E-state index contributed by atoms with van der Waals surface area (Å²) < 4.78 is 5.81. The summed E-state index contributed by atoms with van der Waals surface area (Å²) in [6, 6.07) is 4.18. The van der Waals surface area contributed by atoms with Crippen LogP contribution in [0.5, 0.6) is 5.88 Å². The zero-order chi connectivity index (χ0) is 15.9. The summed E-state index contributed by atoms with van der Waals surface area (Å²) in [4.78, 5) is 21.1. The van der Waals surface area contributed by atoms with Gasteiger partial charge in [0.25, 0.3) is 0 Å². The van der Waals surface area contributed by atoms with Gasteiger partial charge in [0, 0.05) is 29.4 Å². The molecule has 0 spiro atoms. The van der Waals surface area contributed by atoms with E-state index in [0.717, 1.165) is 30.6 Å². The van der Waals surface area contributed by atoms with Crippen molar-refractivity contribution in [2.24, 2.45) is 0 Å². The maximum absolute atomic E-state index is 11.9. The molecular formula is C17H19N3O2S. The molecule has 0 aliphatic heterocycles. The predicted octanol–water partition coefficient (Wildman–Crippen LogP) is 3.06. The van der Waals surface area contributed by atoms with E-state index in [4.69, 9.17) is 4.74 Å². The number of hydrogen-bond acceptors (Lipinski definition) is 5. The van der Waals surface area contributed by atoms with Gasteiger partial charge in [-0.15, -0.1) is 11.3 Å². The minimum Gasteiger partial charge on any atom is -0.473 e. The molecule has 1 aliphatic rings. The predicted molar refractivity (Wildman–Crippen MR) is 90.2 cm³/mol. The fraction of sp³-hybridized carbons (Fsp3) is 0.353. The molecular weight excluding hydrogens is 310 g/mol. The molecule has 23 heavy (non-hydrogen) atoms. The maximum Gasteiger partial charge on any atom is 0.244 e. The van der Waals surface area contributed by atoms with Gasteiger partial charge < -0.3 is 10.1 Å². The molecule has 0 aromatic carbocycles. The Bertz CT molecular complexity index is 635. The van der Waals surface area contributed by atoms with E-state index in [0.29, 0.717) is 5.88 Å². The van der Waals surface area contributed by atoms with Crippen LogP contribution in [0.25, 0.3) is 6.08 Å². The molecule has 1 amide bonds. The van der Waals surface area contributed by atoms with Gasteiger partial charge in [-0.3, -0.25) is 9.78 Å². The first-order valence-electron chi connectivity index (χ1n) is 7.74. The highest BCUT2D eigenvalue weighted by Gasteiger charge is 2.23. The number of amides is 1. The van der Waals surface area contributed by atoms with Crippen LogP contribution in [-0.2, 0) is 4.79 Å². The van der Waals surface area contributed by atoms with Gasteiger partial charge in [-0.25, -0.2) is 4.98 Å². The van der Waals surface area contributed by atoms with Crippen LogP contribution in [0.15, 0.2) is 42.2 Å². The molecule has 1 aliphatic carbocycles. The number of rotatable bonds is 5. The van der Waals surface area contributed by atoms with Crippen LogP contribution in [0.4, 0.5) is 0 Å². The van der Waals surface area contributed by atoms with Gasteiger partial charge in [-0.1, -0.05) is 6.07 Å². The average Bonchev–Trinajstić information content (AvgIpc) is 3.09. The lowest BCUT2D eigenvalue weighted by Gasteiger charge is -2.28. The van der Waals surface area contributed by atoms with Crippen molar-refractivity contribution in [3.63, 3.8) is 0 Å². The third kappa shape index (κ3) is 4.89. The molecule has 0 atom stereocenters. The van der Waals surface area contributed by atoms with Crippen LogP contribution in [0.3, 0.4) is 0 Å². The summed E-state index contributed by atoms with van der Waals surface area (Å²) in [6.45, 7) is 0. The second-order valence-corrected chi connectivity index (χ2v) is 6.47. The van der Waals surface area contributed by atoms with E-state index in [1.165, 1.54) is 0 Å². The Hall–Kier alpha value is -2.21. The average molecular weight is 329 g/mol. The number of aromatic nitrogens is 2. The maximum atomic E-state index is 11.9. The Morgan fingerprint density at radius 2 is 2.17 bits per heavy atom. The van der Waals surface area contributed by atoms with Crippen LogP contribution in [0.1, 0.15) is 30.6 Å². The van der Waals surface area contributed by atoms with E-state index >= 15 is 0 Å². The zero-order valence-corrected chi connectivity index (χ0v) is 13.5. The third-order valence-electron chi connectivity index (χ3n) is 3.79. The second-order valence-electron chi connectivity index (χ2n) is 5.49. The summed E-state index contributed by atoms with van der Waals surface area (Å²) in [5.41, 5.74) is 0. The van der Waals surface area contributed by atoms with E-state index in [1.807, 2.05) is 23.6 Å². The first-order valence-corrected chi connectivity index (χ1v) is 8.62. The third-order valence-corrected chi connectivity index (χ3v) is 4.63. The van der Waals surface area contributed by atoms with E-state index in [9.17, 15) is 4.79 Å². The molecule has 0 saturated heterocycles. The second kappa shape index (κ2) is 7.87. The molecule has 120 valence electrons. The minimum atomic E-state index is -0.0308. The van der Waals surface area contributed by atoms with Crippen molar-refractivity contribution in [3.05, 3.63) is 47.1 Å². The van der Waals surface area contributed by atoms with Crippen LogP contribution in [0.2, 0.25) is 0 Å². The number of thiophene rings is 1. The zero-order valence-electron chi connectivity index (χ0n) is 12.7. The molecule has 0 radical (unpaired) electrons. The highest BCUT2D eigenvalue weighted by molar-refractivity contribution is 7.10. The van der Waals surface area contributed by atoms with Crippen molar-refractivity contribution in [2.75, 3.05) is 0 Å². The Morgan fingerprint density at radius 1 is 1.30 bits per heavy atom. The molecule has 1 saturated carbocycles. The van der Waals surface area contributed by atoms with Crippen molar-refractivity contribution >= 4 is 23.3 Å². The number of ether oxygens (including phenoxy) is 1. The topological polar surface area (TPSA) is 64.1 Å². The van der Waals surface area contributed by atoms with Gasteiger partial charge in [0.15, 0.2) is 0 Å². The summed E-state index contributed by atoms with van der Waals surface area (Å²) >= 11 is 1.62. The summed E-state index contributed by atoms with van der Waals surface area (Å²) in [5, 5.41) is 5.06. The van der Waals surface area contributed by atoms with Gasteiger partial charge in [0.1, 0.15) is 6.10 Å². The highest BCUT2D eigenvalue weighted by atomic mass is 32.1. The number of hydrogen-bond donors (Lipinski definition) is 1. The minimum absolute atomic E-state index is 0.0308. The van der Waals surface area contributed by atoms with E-state index in [1.54, 1.807) is 36.0 Å². The van der Waals surface area contributed by atoms with Crippen LogP contribution in [-0.4, -0.2) is 28.0 Å². The van der Waals surface area contributed by atoms with E-state index in [2.05, 4.69) is 15.3 Å². The monoisotopic (exact) mass is 329 g/mol. The van der Waals surface area contributed by atoms with Gasteiger partial charge >= 0.3 is 0 Å².